The molecule has 27 heavy (non-hydrogen) atoms. The van der Waals surface area contributed by atoms with Crippen LogP contribution in [0.15, 0.2) is 24.3 Å². The Morgan fingerprint density at radius 3 is 2.74 bits per heavy atom. The van der Waals surface area contributed by atoms with Gasteiger partial charge in [0, 0.05) is 24.7 Å². The van der Waals surface area contributed by atoms with Gasteiger partial charge in [-0.05, 0) is 25.7 Å². The third-order valence-electron chi connectivity index (χ3n) is 5.16. The molecule has 4 nitrogen and oxygen atoms in total. The van der Waals surface area contributed by atoms with E-state index < -0.39 is 36.4 Å². The van der Waals surface area contributed by atoms with E-state index in [0.29, 0.717) is 38.5 Å². The van der Waals surface area contributed by atoms with E-state index in [4.69, 9.17) is 0 Å². The normalized spacial score (nSPS) is 28.1. The molecule has 0 aliphatic heterocycles. The number of aliphatic hydroxyl groups excluding tert-OH is 2. The van der Waals surface area contributed by atoms with Crippen LogP contribution in [-0.2, 0) is 9.53 Å². The van der Waals surface area contributed by atoms with Gasteiger partial charge in [0.05, 0.1) is 13.2 Å². The molecule has 0 heterocycles. The lowest BCUT2D eigenvalue weighted by atomic mass is 9.89. The zero-order valence-electron chi connectivity index (χ0n) is 16.4. The molecule has 1 unspecified atom stereocenters. The Morgan fingerprint density at radius 1 is 1.33 bits per heavy atom. The number of unbranched alkanes of at least 4 members (excludes halogenated alkanes) is 2. The fourth-order valence-electron chi connectivity index (χ4n) is 3.43. The molecule has 1 fully saturated rings. The van der Waals surface area contributed by atoms with Gasteiger partial charge in [-0.25, -0.2) is 8.78 Å². The molecule has 6 heteroatoms. The summed E-state index contributed by atoms with van der Waals surface area (Å²) in [5, 5.41) is 20.0. The largest absolute Gasteiger partial charge is 0.469 e. The number of carbonyl (C=O) groups is 1. The fraction of sp³-hybridized carbons (Fsp3) is 0.762. The average Bonchev–Trinajstić information content (AvgIpc) is 2.92. The molecule has 1 saturated carbocycles. The van der Waals surface area contributed by atoms with Crippen molar-refractivity contribution in [2.75, 3.05) is 7.11 Å². The van der Waals surface area contributed by atoms with Crippen molar-refractivity contribution in [1.82, 2.24) is 0 Å². The van der Waals surface area contributed by atoms with Gasteiger partial charge >= 0.3 is 5.97 Å². The summed E-state index contributed by atoms with van der Waals surface area (Å²) in [5.74, 6) is -1.08. The molecule has 0 saturated heterocycles. The van der Waals surface area contributed by atoms with Crippen molar-refractivity contribution in [3.63, 3.8) is 0 Å². The van der Waals surface area contributed by atoms with Crippen molar-refractivity contribution < 1.29 is 28.5 Å². The van der Waals surface area contributed by atoms with Crippen LogP contribution in [0.25, 0.3) is 0 Å². The minimum atomic E-state index is -1.34. The van der Waals surface area contributed by atoms with Crippen molar-refractivity contribution in [3.05, 3.63) is 24.3 Å². The van der Waals surface area contributed by atoms with Crippen LogP contribution in [0.1, 0.15) is 58.3 Å². The summed E-state index contributed by atoms with van der Waals surface area (Å²) in [6.07, 6.45) is 6.25. The standard InChI is InChI=1S/C21H34F2O4/c1-3-4-10-17(22)19(24)13-12-16-15(18(23)14-20(16)25)9-7-5-6-8-11-21(26)27-2/h5,7,12-13,15-20,24-25H,3-4,6,8-11,14H2,1-2H3/t15-,16-,17?,18-,19-,20-/m1/s1. The Hall–Kier alpha value is -1.27. The number of esters is 1. The van der Waals surface area contributed by atoms with E-state index in [0.717, 1.165) is 6.42 Å². The average molecular weight is 388 g/mol. The molecular formula is C21H34F2O4. The first-order valence-corrected chi connectivity index (χ1v) is 9.95. The van der Waals surface area contributed by atoms with Gasteiger partial charge in [0.2, 0.25) is 0 Å². The fourth-order valence-corrected chi connectivity index (χ4v) is 3.43. The molecule has 0 radical (unpaired) electrons. The van der Waals surface area contributed by atoms with E-state index in [1.807, 2.05) is 19.1 Å². The maximum absolute atomic E-state index is 14.2. The molecule has 0 aromatic carbocycles. The lowest BCUT2D eigenvalue weighted by molar-refractivity contribution is -0.140. The lowest BCUT2D eigenvalue weighted by Gasteiger charge is -2.19. The summed E-state index contributed by atoms with van der Waals surface area (Å²) in [4.78, 5) is 11.0. The molecule has 0 bridgehead atoms. The maximum atomic E-state index is 14.2. The Morgan fingerprint density at radius 2 is 2.07 bits per heavy atom. The number of ether oxygens (including phenoxy) is 1. The molecule has 156 valence electrons. The van der Waals surface area contributed by atoms with Gasteiger partial charge in [-0.2, -0.15) is 0 Å². The maximum Gasteiger partial charge on any atom is 0.305 e. The smallest absolute Gasteiger partial charge is 0.305 e. The number of alkyl halides is 2. The first-order chi connectivity index (χ1) is 12.9. The summed E-state index contributed by atoms with van der Waals surface area (Å²) in [7, 11) is 1.35. The summed E-state index contributed by atoms with van der Waals surface area (Å²) in [6.45, 7) is 1.96. The van der Waals surface area contributed by atoms with Gasteiger partial charge < -0.3 is 14.9 Å². The van der Waals surface area contributed by atoms with Crippen LogP contribution in [0.4, 0.5) is 8.78 Å². The summed E-state index contributed by atoms with van der Waals surface area (Å²) in [5.41, 5.74) is 0. The molecule has 0 amide bonds. The van der Waals surface area contributed by atoms with Crippen LogP contribution in [0.2, 0.25) is 0 Å². The van der Waals surface area contributed by atoms with Crippen LogP contribution in [-0.4, -0.2) is 47.8 Å². The third kappa shape index (κ3) is 8.52. The molecule has 0 aromatic rings. The first-order valence-electron chi connectivity index (χ1n) is 9.95. The van der Waals surface area contributed by atoms with E-state index in [1.54, 1.807) is 6.08 Å². The highest BCUT2D eigenvalue weighted by atomic mass is 19.1. The van der Waals surface area contributed by atoms with Crippen molar-refractivity contribution >= 4 is 5.97 Å². The van der Waals surface area contributed by atoms with Crippen molar-refractivity contribution in [2.24, 2.45) is 11.8 Å². The Labute approximate surface area is 161 Å². The second-order valence-corrected chi connectivity index (χ2v) is 7.27. The minimum Gasteiger partial charge on any atom is -0.469 e. The molecule has 0 spiro atoms. The van der Waals surface area contributed by atoms with Crippen LogP contribution >= 0.6 is 0 Å². The van der Waals surface area contributed by atoms with Gasteiger partial charge in [-0.3, -0.25) is 4.79 Å². The number of aliphatic hydroxyl groups is 2. The number of allylic oxidation sites excluding steroid dienone is 2. The van der Waals surface area contributed by atoms with Crippen molar-refractivity contribution in [2.45, 2.75) is 82.8 Å². The number of rotatable bonds is 12. The first kappa shape index (κ1) is 23.8. The highest BCUT2D eigenvalue weighted by Gasteiger charge is 2.40. The molecule has 0 aromatic heterocycles. The topological polar surface area (TPSA) is 66.8 Å². The Kier molecular flexibility index (Phi) is 11.4. The van der Waals surface area contributed by atoms with Crippen LogP contribution < -0.4 is 0 Å². The second kappa shape index (κ2) is 13.0. The van der Waals surface area contributed by atoms with Gasteiger partial charge in [0.15, 0.2) is 0 Å². The quantitative estimate of drug-likeness (QED) is 0.301. The van der Waals surface area contributed by atoms with Crippen molar-refractivity contribution in [1.29, 1.82) is 0 Å². The predicted octanol–water partition coefficient (Wildman–Crippen LogP) is 4.06. The lowest BCUT2D eigenvalue weighted by Crippen LogP contribution is -2.22. The van der Waals surface area contributed by atoms with Gasteiger partial charge in [0.25, 0.3) is 0 Å². The molecular weight excluding hydrogens is 354 g/mol. The second-order valence-electron chi connectivity index (χ2n) is 7.27. The van der Waals surface area contributed by atoms with Crippen molar-refractivity contribution in [3.8, 4) is 0 Å². The van der Waals surface area contributed by atoms with Gasteiger partial charge in [0.1, 0.15) is 18.4 Å². The molecule has 6 atom stereocenters. The molecule has 2 N–H and O–H groups in total. The summed E-state index contributed by atoms with van der Waals surface area (Å²) >= 11 is 0. The van der Waals surface area contributed by atoms with E-state index in [2.05, 4.69) is 4.74 Å². The molecule has 1 aliphatic rings. The number of halogens is 2. The highest BCUT2D eigenvalue weighted by Crippen LogP contribution is 2.38. The monoisotopic (exact) mass is 388 g/mol. The highest BCUT2D eigenvalue weighted by molar-refractivity contribution is 5.69. The van der Waals surface area contributed by atoms with E-state index in [-0.39, 0.29) is 12.4 Å². The van der Waals surface area contributed by atoms with E-state index >= 15 is 0 Å². The zero-order chi connectivity index (χ0) is 20.2. The van der Waals surface area contributed by atoms with Gasteiger partial charge in [-0.15, -0.1) is 0 Å². The Balaban J connectivity index is 2.51. The zero-order valence-corrected chi connectivity index (χ0v) is 16.4. The van der Waals surface area contributed by atoms with E-state index in [9.17, 15) is 23.8 Å². The van der Waals surface area contributed by atoms with Crippen LogP contribution in [0.5, 0.6) is 0 Å². The number of hydrogen-bond donors (Lipinski definition) is 2. The summed E-state index contributed by atoms with van der Waals surface area (Å²) < 4.78 is 32.7. The number of methoxy groups -OCH3 is 1. The predicted molar refractivity (Wildman–Crippen MR) is 102 cm³/mol. The SMILES string of the molecule is CCCCC(F)[C@H](O)C=C[C@@H]1[C@@H](CC=CCCCC(=O)OC)[C@H](F)C[C@H]1O. The molecule has 1 rings (SSSR count). The number of carbonyl (C=O) groups excluding carboxylic acids is 1. The summed E-state index contributed by atoms with van der Waals surface area (Å²) in [6, 6.07) is 0. The van der Waals surface area contributed by atoms with Gasteiger partial charge in [-0.1, -0.05) is 44.1 Å². The van der Waals surface area contributed by atoms with Crippen LogP contribution in [0.3, 0.4) is 0 Å². The van der Waals surface area contributed by atoms with Crippen LogP contribution in [0, 0.1) is 11.8 Å². The van der Waals surface area contributed by atoms with E-state index in [1.165, 1.54) is 13.2 Å². The minimum absolute atomic E-state index is 0.0564. The molecule has 1 aliphatic carbocycles. The number of hydrogen-bond acceptors (Lipinski definition) is 4. The Bertz CT molecular complexity index is 481. The third-order valence-corrected chi connectivity index (χ3v) is 5.16.